The number of methoxy groups -OCH3 is 1. The molecule has 0 saturated carbocycles. The van der Waals surface area contributed by atoms with E-state index in [1.165, 1.54) is 0 Å². The van der Waals surface area contributed by atoms with Crippen molar-refractivity contribution in [2.24, 2.45) is 0 Å². The molecule has 2 aromatic carbocycles. The van der Waals surface area contributed by atoms with Crippen molar-refractivity contribution < 1.29 is 9.53 Å². The first-order valence-corrected chi connectivity index (χ1v) is 8.18. The number of rotatable bonds is 5. The summed E-state index contributed by atoms with van der Waals surface area (Å²) in [6, 6.07) is 16.7. The van der Waals surface area contributed by atoms with Crippen molar-refractivity contribution in [2.75, 3.05) is 17.7 Å². The zero-order valence-electron chi connectivity index (χ0n) is 14.9. The van der Waals surface area contributed by atoms with Crippen molar-refractivity contribution in [3.8, 4) is 5.75 Å². The molecule has 0 bridgehead atoms. The Bertz CT molecular complexity index is 923. The van der Waals surface area contributed by atoms with E-state index in [4.69, 9.17) is 4.74 Å². The second-order valence-corrected chi connectivity index (χ2v) is 5.93. The Morgan fingerprint density at radius 1 is 1.00 bits per heavy atom. The molecule has 3 aromatic rings. The molecule has 0 unspecified atom stereocenters. The minimum atomic E-state index is -0.292. The minimum absolute atomic E-state index is 0.252. The predicted molar refractivity (Wildman–Crippen MR) is 102 cm³/mol. The van der Waals surface area contributed by atoms with Crippen LogP contribution in [0.25, 0.3) is 0 Å². The maximum Gasteiger partial charge on any atom is 0.276 e. The van der Waals surface area contributed by atoms with E-state index in [9.17, 15) is 4.79 Å². The molecule has 1 aromatic heterocycles. The average molecular weight is 348 g/mol. The topological polar surface area (TPSA) is 76.1 Å². The van der Waals surface area contributed by atoms with E-state index in [0.29, 0.717) is 5.82 Å². The largest absolute Gasteiger partial charge is 0.497 e. The van der Waals surface area contributed by atoms with Crippen LogP contribution in [0.3, 0.4) is 0 Å². The van der Waals surface area contributed by atoms with Crippen LogP contribution in [0.1, 0.15) is 21.6 Å². The zero-order chi connectivity index (χ0) is 18.5. The van der Waals surface area contributed by atoms with Crippen LogP contribution in [0.2, 0.25) is 0 Å². The summed E-state index contributed by atoms with van der Waals surface area (Å²) in [4.78, 5) is 12.4. The number of nitrogens with zero attached hydrogens (tertiary/aromatic N) is 2. The Hall–Kier alpha value is -3.41. The Morgan fingerprint density at radius 2 is 1.85 bits per heavy atom. The molecule has 0 fully saturated rings. The van der Waals surface area contributed by atoms with E-state index in [0.717, 1.165) is 28.3 Å². The molecule has 6 nitrogen and oxygen atoms in total. The maximum atomic E-state index is 12.4. The highest BCUT2D eigenvalue weighted by Gasteiger charge is 2.10. The lowest BCUT2D eigenvalue weighted by molar-refractivity contribution is 0.102. The number of ether oxygens (including phenoxy) is 1. The summed E-state index contributed by atoms with van der Waals surface area (Å²) in [5.41, 5.74) is 3.92. The molecule has 0 aliphatic rings. The molecular formula is C20H20N4O2. The molecule has 0 spiro atoms. The van der Waals surface area contributed by atoms with Crippen molar-refractivity contribution in [3.63, 3.8) is 0 Å². The van der Waals surface area contributed by atoms with Gasteiger partial charge in [0, 0.05) is 17.4 Å². The van der Waals surface area contributed by atoms with Gasteiger partial charge in [-0.3, -0.25) is 4.79 Å². The van der Waals surface area contributed by atoms with Crippen LogP contribution < -0.4 is 15.4 Å². The summed E-state index contributed by atoms with van der Waals surface area (Å²) >= 11 is 0. The molecule has 2 N–H and O–H groups in total. The van der Waals surface area contributed by atoms with Gasteiger partial charge in [-0.25, -0.2) is 0 Å². The Morgan fingerprint density at radius 3 is 2.58 bits per heavy atom. The number of hydrogen-bond donors (Lipinski definition) is 2. The molecule has 0 radical (unpaired) electrons. The standard InChI is InChI=1S/C20H20N4O2/c1-13-7-8-14(2)18(11-13)22-20(25)17-9-10-19(24-23-17)21-15-5-4-6-16(12-15)26-3/h4-12H,1-3H3,(H,21,24)(H,22,25). The van der Waals surface area contributed by atoms with Crippen molar-refractivity contribution in [3.05, 3.63) is 71.4 Å². The molecule has 132 valence electrons. The first-order valence-electron chi connectivity index (χ1n) is 8.18. The number of aromatic nitrogens is 2. The molecule has 6 heteroatoms. The summed E-state index contributed by atoms with van der Waals surface area (Å²) in [6.07, 6.45) is 0. The number of carbonyl (C=O) groups excluding carboxylic acids is 1. The van der Waals surface area contributed by atoms with Gasteiger partial charge in [0.1, 0.15) is 5.75 Å². The number of nitrogens with one attached hydrogen (secondary N) is 2. The van der Waals surface area contributed by atoms with E-state index in [1.54, 1.807) is 19.2 Å². The lowest BCUT2D eigenvalue weighted by atomic mass is 10.1. The summed E-state index contributed by atoms with van der Waals surface area (Å²) in [5.74, 6) is 0.994. The van der Waals surface area contributed by atoms with Crippen molar-refractivity contribution in [2.45, 2.75) is 13.8 Å². The van der Waals surface area contributed by atoms with E-state index in [1.807, 2.05) is 56.3 Å². The molecule has 0 saturated heterocycles. The summed E-state index contributed by atoms with van der Waals surface area (Å²) in [6.45, 7) is 3.93. The van der Waals surface area contributed by atoms with Crippen LogP contribution in [0.4, 0.5) is 17.2 Å². The monoisotopic (exact) mass is 348 g/mol. The smallest absolute Gasteiger partial charge is 0.276 e. The van der Waals surface area contributed by atoms with Crippen LogP contribution >= 0.6 is 0 Å². The van der Waals surface area contributed by atoms with Crippen molar-refractivity contribution >= 4 is 23.1 Å². The predicted octanol–water partition coefficient (Wildman–Crippen LogP) is 4.10. The SMILES string of the molecule is COc1cccc(Nc2ccc(C(=O)Nc3cc(C)ccc3C)nn2)c1. The molecular weight excluding hydrogens is 328 g/mol. The average Bonchev–Trinajstić information content (AvgIpc) is 2.65. The molecule has 0 atom stereocenters. The third-order valence-electron chi connectivity index (χ3n) is 3.88. The number of aryl methyl sites for hydroxylation is 2. The molecule has 3 rings (SSSR count). The number of amides is 1. The molecule has 0 aliphatic heterocycles. The summed E-state index contributed by atoms with van der Waals surface area (Å²) < 4.78 is 5.19. The van der Waals surface area contributed by atoms with Gasteiger partial charge in [-0.1, -0.05) is 18.2 Å². The van der Waals surface area contributed by atoms with E-state index in [-0.39, 0.29) is 11.6 Å². The molecule has 1 amide bonds. The second kappa shape index (κ2) is 7.65. The van der Waals surface area contributed by atoms with Gasteiger partial charge in [-0.05, 0) is 55.3 Å². The van der Waals surface area contributed by atoms with Crippen LogP contribution in [-0.4, -0.2) is 23.2 Å². The van der Waals surface area contributed by atoms with Crippen molar-refractivity contribution in [1.29, 1.82) is 0 Å². The number of hydrogen-bond acceptors (Lipinski definition) is 5. The Balaban J connectivity index is 1.70. The van der Waals surface area contributed by atoms with Crippen molar-refractivity contribution in [1.82, 2.24) is 10.2 Å². The van der Waals surface area contributed by atoms with E-state index >= 15 is 0 Å². The summed E-state index contributed by atoms with van der Waals surface area (Å²) in [5, 5.41) is 14.1. The Labute approximate surface area is 152 Å². The van der Waals surface area contributed by atoms with Gasteiger partial charge in [0.05, 0.1) is 7.11 Å². The van der Waals surface area contributed by atoms with Crippen LogP contribution in [-0.2, 0) is 0 Å². The Kier molecular flexibility index (Phi) is 5.12. The highest BCUT2D eigenvalue weighted by atomic mass is 16.5. The number of carbonyl (C=O) groups is 1. The van der Waals surface area contributed by atoms with Gasteiger partial charge in [0.2, 0.25) is 0 Å². The first-order chi connectivity index (χ1) is 12.5. The molecule has 1 heterocycles. The quantitative estimate of drug-likeness (QED) is 0.726. The molecule has 26 heavy (non-hydrogen) atoms. The fourth-order valence-electron chi connectivity index (χ4n) is 2.43. The first kappa shape index (κ1) is 17.4. The fraction of sp³-hybridized carbons (Fsp3) is 0.150. The van der Waals surface area contributed by atoms with Crippen LogP contribution in [0.5, 0.6) is 5.75 Å². The van der Waals surface area contributed by atoms with E-state index < -0.39 is 0 Å². The van der Waals surface area contributed by atoms with Gasteiger partial charge in [0.25, 0.3) is 5.91 Å². The van der Waals surface area contributed by atoms with E-state index in [2.05, 4.69) is 20.8 Å². The van der Waals surface area contributed by atoms with Gasteiger partial charge < -0.3 is 15.4 Å². The highest BCUT2D eigenvalue weighted by molar-refractivity contribution is 6.03. The second-order valence-electron chi connectivity index (χ2n) is 5.93. The lowest BCUT2D eigenvalue weighted by Gasteiger charge is -2.09. The zero-order valence-corrected chi connectivity index (χ0v) is 14.9. The highest BCUT2D eigenvalue weighted by Crippen LogP contribution is 2.20. The van der Waals surface area contributed by atoms with Crippen LogP contribution in [0.15, 0.2) is 54.6 Å². The lowest BCUT2D eigenvalue weighted by Crippen LogP contribution is -2.15. The fourth-order valence-corrected chi connectivity index (χ4v) is 2.43. The number of anilines is 3. The van der Waals surface area contributed by atoms with Gasteiger partial charge in [-0.2, -0.15) is 0 Å². The minimum Gasteiger partial charge on any atom is -0.497 e. The van der Waals surface area contributed by atoms with Crippen LogP contribution in [0, 0.1) is 13.8 Å². The third kappa shape index (κ3) is 4.16. The van der Waals surface area contributed by atoms with Gasteiger partial charge in [0.15, 0.2) is 11.5 Å². The summed E-state index contributed by atoms with van der Waals surface area (Å²) in [7, 11) is 1.61. The normalized spacial score (nSPS) is 10.3. The van der Waals surface area contributed by atoms with Gasteiger partial charge >= 0.3 is 0 Å². The third-order valence-corrected chi connectivity index (χ3v) is 3.88. The number of benzene rings is 2. The molecule has 0 aliphatic carbocycles. The van der Waals surface area contributed by atoms with Gasteiger partial charge in [-0.15, -0.1) is 10.2 Å². The maximum absolute atomic E-state index is 12.4.